The lowest BCUT2D eigenvalue weighted by Gasteiger charge is -2.28. The summed E-state index contributed by atoms with van der Waals surface area (Å²) in [5.41, 5.74) is 1.29. The van der Waals surface area contributed by atoms with Crippen LogP contribution in [-0.2, 0) is 6.16 Å². The van der Waals surface area contributed by atoms with Crippen molar-refractivity contribution in [1.82, 2.24) is 0 Å². The van der Waals surface area contributed by atoms with Gasteiger partial charge in [0.1, 0.15) is 35.1 Å². The molecule has 0 aromatic heterocycles. The van der Waals surface area contributed by atoms with Gasteiger partial charge in [0, 0.05) is 5.56 Å². The second kappa shape index (κ2) is 15.0. The minimum atomic E-state index is -1.94. The van der Waals surface area contributed by atoms with E-state index in [1.165, 1.54) is 53.6 Å². The van der Waals surface area contributed by atoms with Gasteiger partial charge in [-0.1, -0.05) is 112 Å². The van der Waals surface area contributed by atoms with Gasteiger partial charge in [0.15, 0.2) is 0 Å². The summed E-state index contributed by atoms with van der Waals surface area (Å²) in [6, 6.07) is 42.0. The van der Waals surface area contributed by atoms with Gasteiger partial charge in [-0.05, 0) is 48.9 Å². The van der Waals surface area contributed by atoms with Gasteiger partial charge in [-0.25, -0.2) is 0 Å². The van der Waals surface area contributed by atoms with E-state index in [1.807, 2.05) is 0 Å². The van der Waals surface area contributed by atoms with E-state index < -0.39 is 7.26 Å². The first kappa shape index (κ1) is 28.2. The molecule has 188 valence electrons. The fourth-order valence-corrected chi connectivity index (χ4v) is 9.12. The average molecular weight is 562 g/mol. The van der Waals surface area contributed by atoms with Crippen molar-refractivity contribution in [2.45, 2.75) is 51.6 Å². The van der Waals surface area contributed by atoms with E-state index in [9.17, 15) is 0 Å². The van der Waals surface area contributed by atoms with E-state index >= 15 is 0 Å². The van der Waals surface area contributed by atoms with Crippen molar-refractivity contribution in [3.8, 4) is 5.75 Å². The average Bonchev–Trinajstić information content (AvgIpc) is 2.93. The Balaban J connectivity index is 0.00000361. The summed E-state index contributed by atoms with van der Waals surface area (Å²) in [7, 11) is -1.94. The molecule has 0 atom stereocenters. The lowest BCUT2D eigenvalue weighted by atomic mass is 10.1. The van der Waals surface area contributed by atoms with Gasteiger partial charge in [-0.3, -0.25) is 0 Å². The van der Waals surface area contributed by atoms with Crippen molar-refractivity contribution in [2.75, 3.05) is 6.61 Å². The third-order valence-corrected chi connectivity index (χ3v) is 11.1. The van der Waals surface area contributed by atoms with Crippen LogP contribution in [0.1, 0.15) is 51.0 Å². The molecule has 36 heavy (non-hydrogen) atoms. The Labute approximate surface area is 229 Å². The van der Waals surface area contributed by atoms with Gasteiger partial charge in [-0.15, -0.1) is 0 Å². The maximum Gasteiger partial charge on any atom is 0.126 e. The van der Waals surface area contributed by atoms with Crippen molar-refractivity contribution < 1.29 is 21.7 Å². The van der Waals surface area contributed by atoms with E-state index in [-0.39, 0.29) is 17.0 Å². The lowest BCUT2D eigenvalue weighted by molar-refractivity contribution is -0.00000745. The zero-order valence-electron chi connectivity index (χ0n) is 21.4. The molecule has 4 rings (SSSR count). The molecule has 0 saturated heterocycles. The number of hydrogen-bond donors (Lipinski definition) is 0. The number of para-hydroxylation sites is 1. The SMILES string of the molecule is CCCCCCCCOc1ccccc1C[P+](c1ccccc1)(c1ccccc1)c1ccccc1.[Br-]. The van der Waals surface area contributed by atoms with E-state index in [2.05, 4.69) is 122 Å². The van der Waals surface area contributed by atoms with Crippen LogP contribution in [0.2, 0.25) is 0 Å². The Kier molecular flexibility index (Phi) is 11.7. The van der Waals surface area contributed by atoms with Crippen molar-refractivity contribution in [3.05, 3.63) is 121 Å². The highest BCUT2D eigenvalue weighted by Crippen LogP contribution is 2.58. The molecule has 4 aromatic carbocycles. The fraction of sp³-hybridized carbons (Fsp3) is 0.273. The van der Waals surface area contributed by atoms with E-state index in [0.29, 0.717) is 0 Å². The highest BCUT2D eigenvalue weighted by molar-refractivity contribution is 7.95. The standard InChI is InChI=1S/C33H38OP.BrH/c1-2-3-4-5-6-18-27-34-33-26-17-16-19-29(33)28-35(30-20-10-7-11-21-30,31-22-12-8-13-23-31)32-24-14-9-15-25-32;/h7-17,19-26H,2-6,18,27-28H2,1H3;1H/q+1;/p-1. The van der Waals surface area contributed by atoms with Crippen molar-refractivity contribution in [3.63, 3.8) is 0 Å². The molecule has 0 radical (unpaired) electrons. The fourth-order valence-electron chi connectivity index (χ4n) is 4.86. The Hall–Kier alpha value is -2.41. The van der Waals surface area contributed by atoms with Crippen LogP contribution in [-0.4, -0.2) is 6.61 Å². The lowest BCUT2D eigenvalue weighted by Crippen LogP contribution is -3.00. The maximum absolute atomic E-state index is 6.41. The largest absolute Gasteiger partial charge is 1.00 e. The summed E-state index contributed by atoms with van der Waals surface area (Å²) in [5, 5.41) is 4.22. The van der Waals surface area contributed by atoms with Crippen LogP contribution < -0.4 is 37.6 Å². The minimum Gasteiger partial charge on any atom is -1.00 e. The molecule has 0 spiro atoms. The topological polar surface area (TPSA) is 9.23 Å². The zero-order valence-corrected chi connectivity index (χ0v) is 23.8. The van der Waals surface area contributed by atoms with Crippen LogP contribution >= 0.6 is 7.26 Å². The molecule has 0 N–H and O–H groups in total. The van der Waals surface area contributed by atoms with Crippen molar-refractivity contribution in [1.29, 1.82) is 0 Å². The summed E-state index contributed by atoms with van der Waals surface area (Å²) in [6.45, 7) is 3.06. The van der Waals surface area contributed by atoms with E-state index in [0.717, 1.165) is 24.9 Å². The van der Waals surface area contributed by atoms with Gasteiger partial charge in [-0.2, -0.15) is 0 Å². The number of unbranched alkanes of at least 4 members (excludes halogenated alkanes) is 5. The highest BCUT2D eigenvalue weighted by Gasteiger charge is 2.45. The Morgan fingerprint density at radius 3 is 1.50 bits per heavy atom. The third kappa shape index (κ3) is 7.09. The monoisotopic (exact) mass is 560 g/mol. The van der Waals surface area contributed by atoms with Crippen LogP contribution in [0.15, 0.2) is 115 Å². The van der Waals surface area contributed by atoms with Gasteiger partial charge in [0.2, 0.25) is 0 Å². The molecule has 3 heteroatoms. The van der Waals surface area contributed by atoms with Gasteiger partial charge < -0.3 is 21.7 Å². The highest BCUT2D eigenvalue weighted by atomic mass is 79.9. The number of hydrogen-bond acceptors (Lipinski definition) is 1. The molecule has 0 bridgehead atoms. The summed E-state index contributed by atoms with van der Waals surface area (Å²) >= 11 is 0. The van der Waals surface area contributed by atoms with Crippen LogP contribution in [0.5, 0.6) is 5.75 Å². The van der Waals surface area contributed by atoms with Crippen LogP contribution in [0.4, 0.5) is 0 Å². The quantitative estimate of drug-likeness (QED) is 0.166. The molecule has 4 aromatic rings. The molecule has 0 saturated carbocycles. The molecular weight excluding hydrogens is 523 g/mol. The minimum absolute atomic E-state index is 0. The molecule has 0 heterocycles. The van der Waals surface area contributed by atoms with Crippen LogP contribution in [0.25, 0.3) is 0 Å². The molecule has 0 fully saturated rings. The number of ether oxygens (including phenoxy) is 1. The second-order valence-electron chi connectivity index (χ2n) is 9.20. The third-order valence-electron chi connectivity index (χ3n) is 6.73. The number of halogens is 1. The normalized spacial score (nSPS) is 11.0. The molecule has 0 amide bonds. The molecule has 0 unspecified atom stereocenters. The molecule has 0 aliphatic rings. The van der Waals surface area contributed by atoms with Crippen molar-refractivity contribution in [2.24, 2.45) is 0 Å². The predicted octanol–water partition coefficient (Wildman–Crippen LogP) is 4.92. The zero-order chi connectivity index (χ0) is 24.2. The van der Waals surface area contributed by atoms with Crippen LogP contribution in [0, 0.1) is 0 Å². The predicted molar refractivity (Wildman–Crippen MR) is 154 cm³/mol. The van der Waals surface area contributed by atoms with Gasteiger partial charge in [0.05, 0.1) is 6.61 Å². The maximum atomic E-state index is 6.41. The van der Waals surface area contributed by atoms with Gasteiger partial charge >= 0.3 is 0 Å². The summed E-state index contributed by atoms with van der Waals surface area (Å²) in [5.74, 6) is 1.04. The summed E-state index contributed by atoms with van der Waals surface area (Å²) in [4.78, 5) is 0. The summed E-state index contributed by atoms with van der Waals surface area (Å²) in [6.07, 6.45) is 8.59. The number of rotatable bonds is 13. The van der Waals surface area contributed by atoms with Gasteiger partial charge in [0.25, 0.3) is 0 Å². The first-order valence-electron chi connectivity index (χ1n) is 13.1. The molecule has 0 aliphatic heterocycles. The van der Waals surface area contributed by atoms with Crippen LogP contribution in [0.3, 0.4) is 0 Å². The number of benzene rings is 4. The summed E-state index contributed by atoms with van der Waals surface area (Å²) < 4.78 is 6.41. The Morgan fingerprint density at radius 2 is 0.972 bits per heavy atom. The van der Waals surface area contributed by atoms with Crippen molar-refractivity contribution >= 4 is 23.2 Å². The van der Waals surface area contributed by atoms with E-state index in [1.54, 1.807) is 0 Å². The molecule has 0 aliphatic carbocycles. The first-order chi connectivity index (χ1) is 17.3. The Bertz CT molecular complexity index is 1040. The second-order valence-corrected chi connectivity index (χ2v) is 12.7. The first-order valence-corrected chi connectivity index (χ1v) is 15.1. The van der Waals surface area contributed by atoms with E-state index in [4.69, 9.17) is 4.74 Å². The molecular formula is C33H38BrOP. The smallest absolute Gasteiger partial charge is 0.126 e. The molecule has 1 nitrogen and oxygen atoms in total. The Morgan fingerprint density at radius 1 is 0.528 bits per heavy atom.